The van der Waals surface area contributed by atoms with Crippen LogP contribution in [0.15, 0.2) is 66.7 Å². The molecule has 7 nitrogen and oxygen atoms in total. The van der Waals surface area contributed by atoms with E-state index in [-0.39, 0.29) is 18.4 Å². The van der Waals surface area contributed by atoms with Gasteiger partial charge in [-0.1, -0.05) is 24.3 Å². The predicted molar refractivity (Wildman–Crippen MR) is 125 cm³/mol. The zero-order valence-corrected chi connectivity index (χ0v) is 18.7. The van der Waals surface area contributed by atoms with Gasteiger partial charge in [0, 0.05) is 24.3 Å². The Balaban J connectivity index is 1.47. The molecule has 0 aliphatic carbocycles. The number of hydrogen-bond donors (Lipinski definition) is 1. The number of benzene rings is 3. The fourth-order valence-electron chi connectivity index (χ4n) is 3.74. The average Bonchev–Trinajstić information content (AvgIpc) is 3.01. The molecule has 0 spiro atoms. The van der Waals surface area contributed by atoms with Gasteiger partial charge in [0.25, 0.3) is 11.8 Å². The lowest BCUT2D eigenvalue weighted by atomic mass is 10.1. The first-order chi connectivity index (χ1) is 16.1. The molecule has 0 aromatic heterocycles. The van der Waals surface area contributed by atoms with Crippen molar-refractivity contribution in [3.63, 3.8) is 0 Å². The van der Waals surface area contributed by atoms with Crippen LogP contribution < -0.4 is 19.5 Å². The number of nitrogens with zero attached hydrogens (tertiary/aromatic N) is 1. The quantitative estimate of drug-likeness (QED) is 0.595. The third-order valence-electron chi connectivity index (χ3n) is 5.56. The van der Waals surface area contributed by atoms with Crippen molar-refractivity contribution in [3.8, 4) is 17.2 Å². The number of hydrogen-bond acceptors (Lipinski definition) is 5. The Morgan fingerprint density at radius 2 is 1.82 bits per heavy atom. The number of carbonyl (C=O) groups excluding carboxylic acids is 2. The number of para-hydroxylation sites is 1. The van der Waals surface area contributed by atoms with E-state index in [2.05, 4.69) is 5.32 Å². The molecule has 0 bridgehead atoms. The van der Waals surface area contributed by atoms with Crippen LogP contribution in [0.1, 0.15) is 21.5 Å². The lowest BCUT2D eigenvalue weighted by Crippen LogP contribution is -2.34. The number of rotatable bonds is 7. The number of fused-ring (bicyclic) bond motifs is 1. The molecule has 0 saturated heterocycles. The SMILES string of the molecule is COc1ccc(CCN2Cc3cc(NC(=O)c4ccccc4OC)ccc3OCC2=O)cc1. The van der Waals surface area contributed by atoms with E-state index in [4.69, 9.17) is 14.2 Å². The van der Waals surface area contributed by atoms with Crippen molar-refractivity contribution in [1.29, 1.82) is 0 Å². The molecule has 170 valence electrons. The fraction of sp³-hybridized carbons (Fsp3) is 0.231. The lowest BCUT2D eigenvalue weighted by Gasteiger charge is -2.20. The van der Waals surface area contributed by atoms with Gasteiger partial charge >= 0.3 is 0 Å². The molecule has 0 atom stereocenters. The maximum absolute atomic E-state index is 12.8. The summed E-state index contributed by atoms with van der Waals surface area (Å²) in [4.78, 5) is 27.2. The molecule has 1 N–H and O–H groups in total. The van der Waals surface area contributed by atoms with Crippen molar-refractivity contribution in [2.75, 3.05) is 32.7 Å². The Morgan fingerprint density at radius 1 is 1.03 bits per heavy atom. The van der Waals surface area contributed by atoms with Gasteiger partial charge in [0.1, 0.15) is 17.2 Å². The van der Waals surface area contributed by atoms with E-state index >= 15 is 0 Å². The average molecular weight is 447 g/mol. The largest absolute Gasteiger partial charge is 0.497 e. The Labute approximate surface area is 192 Å². The summed E-state index contributed by atoms with van der Waals surface area (Å²) in [5, 5.41) is 2.91. The van der Waals surface area contributed by atoms with Crippen molar-refractivity contribution < 1.29 is 23.8 Å². The van der Waals surface area contributed by atoms with Gasteiger partial charge in [0.2, 0.25) is 0 Å². The second-order valence-electron chi connectivity index (χ2n) is 7.68. The minimum atomic E-state index is -0.269. The standard InChI is InChI=1S/C26H26N2O5/c1-31-21-10-7-18(8-11-21)13-14-28-16-19-15-20(9-12-23(19)33-17-25(28)29)27-26(30)22-5-3-4-6-24(22)32-2/h3-12,15H,13-14,16-17H2,1-2H3,(H,27,30). The Morgan fingerprint density at radius 3 is 2.58 bits per heavy atom. The second kappa shape index (κ2) is 10.1. The van der Waals surface area contributed by atoms with Gasteiger partial charge in [0.15, 0.2) is 6.61 Å². The fourth-order valence-corrected chi connectivity index (χ4v) is 3.74. The summed E-state index contributed by atoms with van der Waals surface area (Å²) < 4.78 is 16.2. The van der Waals surface area contributed by atoms with Crippen molar-refractivity contribution in [2.45, 2.75) is 13.0 Å². The molecule has 0 fully saturated rings. The number of ether oxygens (including phenoxy) is 3. The van der Waals surface area contributed by atoms with Gasteiger partial charge in [-0.25, -0.2) is 0 Å². The minimum Gasteiger partial charge on any atom is -0.497 e. The molecule has 1 aliphatic rings. The maximum Gasteiger partial charge on any atom is 0.260 e. The smallest absolute Gasteiger partial charge is 0.260 e. The summed E-state index contributed by atoms with van der Waals surface area (Å²) in [5.41, 5.74) is 3.03. The van der Waals surface area contributed by atoms with E-state index in [1.165, 1.54) is 7.11 Å². The molecule has 33 heavy (non-hydrogen) atoms. The summed E-state index contributed by atoms with van der Waals surface area (Å²) in [6.45, 7) is 0.955. The second-order valence-corrected chi connectivity index (χ2v) is 7.68. The molecule has 3 aromatic carbocycles. The van der Waals surface area contributed by atoms with Crippen molar-refractivity contribution in [3.05, 3.63) is 83.4 Å². The van der Waals surface area contributed by atoms with Crippen LogP contribution in [-0.4, -0.2) is 44.1 Å². The molecular weight excluding hydrogens is 420 g/mol. The first-order valence-corrected chi connectivity index (χ1v) is 10.7. The predicted octanol–water partition coefficient (Wildman–Crippen LogP) is 3.92. The van der Waals surface area contributed by atoms with Crippen LogP contribution in [0.4, 0.5) is 5.69 Å². The normalized spacial score (nSPS) is 12.9. The zero-order valence-electron chi connectivity index (χ0n) is 18.7. The van der Waals surface area contributed by atoms with Gasteiger partial charge in [-0.15, -0.1) is 0 Å². The third-order valence-corrected chi connectivity index (χ3v) is 5.56. The van der Waals surface area contributed by atoms with Crippen molar-refractivity contribution in [2.24, 2.45) is 0 Å². The highest BCUT2D eigenvalue weighted by atomic mass is 16.5. The Bertz CT molecular complexity index is 1140. The molecule has 0 unspecified atom stereocenters. The van der Waals surface area contributed by atoms with Crippen LogP contribution in [0.3, 0.4) is 0 Å². The molecule has 7 heteroatoms. The zero-order chi connectivity index (χ0) is 23.2. The van der Waals surface area contributed by atoms with Crippen LogP contribution in [0.2, 0.25) is 0 Å². The van der Waals surface area contributed by atoms with Gasteiger partial charge in [-0.2, -0.15) is 0 Å². The van der Waals surface area contributed by atoms with Crippen LogP contribution in [-0.2, 0) is 17.8 Å². The monoisotopic (exact) mass is 446 g/mol. The molecule has 2 amide bonds. The van der Waals surface area contributed by atoms with Crippen LogP contribution in [0, 0.1) is 0 Å². The van der Waals surface area contributed by atoms with E-state index in [1.54, 1.807) is 42.3 Å². The molecule has 4 rings (SSSR count). The number of anilines is 1. The summed E-state index contributed by atoms with van der Waals surface area (Å²) in [7, 11) is 3.17. The van der Waals surface area contributed by atoms with E-state index in [0.29, 0.717) is 35.8 Å². The maximum atomic E-state index is 12.8. The summed E-state index contributed by atoms with van der Waals surface area (Å²) in [5.74, 6) is 1.61. The number of amides is 2. The summed E-state index contributed by atoms with van der Waals surface area (Å²) in [6, 6.07) is 20.3. The molecular formula is C26H26N2O5. The lowest BCUT2D eigenvalue weighted by molar-refractivity contribution is -0.133. The van der Waals surface area contributed by atoms with Crippen LogP contribution >= 0.6 is 0 Å². The molecule has 0 radical (unpaired) electrons. The molecule has 1 heterocycles. The van der Waals surface area contributed by atoms with Crippen LogP contribution in [0.5, 0.6) is 17.2 Å². The van der Waals surface area contributed by atoms with Crippen molar-refractivity contribution >= 4 is 17.5 Å². The van der Waals surface area contributed by atoms with Gasteiger partial charge < -0.3 is 24.4 Å². The number of methoxy groups -OCH3 is 2. The topological polar surface area (TPSA) is 77.1 Å². The summed E-state index contributed by atoms with van der Waals surface area (Å²) >= 11 is 0. The Hall–Kier alpha value is -4.00. The number of nitrogens with one attached hydrogen (secondary N) is 1. The molecule has 1 aliphatic heterocycles. The molecule has 3 aromatic rings. The van der Waals surface area contributed by atoms with E-state index in [9.17, 15) is 9.59 Å². The highest BCUT2D eigenvalue weighted by molar-refractivity contribution is 6.06. The van der Waals surface area contributed by atoms with E-state index < -0.39 is 0 Å². The van der Waals surface area contributed by atoms with E-state index in [1.807, 2.05) is 36.4 Å². The van der Waals surface area contributed by atoms with Crippen LogP contribution in [0.25, 0.3) is 0 Å². The van der Waals surface area contributed by atoms with Gasteiger partial charge in [0.05, 0.1) is 19.8 Å². The first kappa shape index (κ1) is 22.2. The van der Waals surface area contributed by atoms with Gasteiger partial charge in [-0.05, 0) is 54.4 Å². The highest BCUT2D eigenvalue weighted by Gasteiger charge is 2.22. The Kier molecular flexibility index (Phi) is 6.78. The first-order valence-electron chi connectivity index (χ1n) is 10.7. The third kappa shape index (κ3) is 5.26. The highest BCUT2D eigenvalue weighted by Crippen LogP contribution is 2.28. The van der Waals surface area contributed by atoms with E-state index in [0.717, 1.165) is 23.3 Å². The van der Waals surface area contributed by atoms with Gasteiger partial charge in [-0.3, -0.25) is 9.59 Å². The molecule has 0 saturated carbocycles. The minimum absolute atomic E-state index is 0.0114. The number of carbonyl (C=O) groups is 2. The summed E-state index contributed by atoms with van der Waals surface area (Å²) in [6.07, 6.45) is 0.718. The van der Waals surface area contributed by atoms with Crippen molar-refractivity contribution in [1.82, 2.24) is 4.90 Å².